The molecule has 60 valence electrons. The largest absolute Gasteiger partial charge is 1.00 e. The van der Waals surface area contributed by atoms with E-state index in [9.17, 15) is 0 Å². The van der Waals surface area contributed by atoms with Gasteiger partial charge in [0.05, 0.1) is 6.54 Å². The van der Waals surface area contributed by atoms with E-state index < -0.39 is 0 Å². The molecule has 0 amide bonds. The van der Waals surface area contributed by atoms with Crippen molar-refractivity contribution in [3.8, 4) is 0 Å². The summed E-state index contributed by atoms with van der Waals surface area (Å²) in [5, 5.41) is 2.05. The minimum absolute atomic E-state index is 0. The van der Waals surface area contributed by atoms with Crippen LogP contribution in [0.3, 0.4) is 0 Å². The Labute approximate surface area is 110 Å². The zero-order chi connectivity index (χ0) is 8.27. The van der Waals surface area contributed by atoms with Gasteiger partial charge in [-0.25, -0.2) is 0 Å². The number of thiophene rings is 1. The zero-order valence-electron chi connectivity index (χ0n) is 7.11. The molecule has 1 rings (SSSR count). The van der Waals surface area contributed by atoms with E-state index >= 15 is 0 Å². The molecule has 0 unspecified atom stereocenters. The maximum absolute atomic E-state index is 4.84. The van der Waals surface area contributed by atoms with Gasteiger partial charge in [-0.05, 0) is 11.4 Å². The Kier molecular flexibility index (Phi) is 6.72. The molecular formula is C7H8NNaS3. The summed E-state index contributed by atoms with van der Waals surface area (Å²) in [5.74, 6) is 0. The van der Waals surface area contributed by atoms with E-state index in [1.807, 2.05) is 18.0 Å². The molecule has 0 aliphatic heterocycles. The van der Waals surface area contributed by atoms with E-state index in [0.717, 1.165) is 6.54 Å². The van der Waals surface area contributed by atoms with E-state index in [4.69, 9.17) is 24.8 Å². The predicted octanol–water partition coefficient (Wildman–Crippen LogP) is -0.984. The fourth-order valence-corrected chi connectivity index (χ4v) is 1.59. The van der Waals surface area contributed by atoms with Crippen LogP contribution in [0.15, 0.2) is 17.5 Å². The van der Waals surface area contributed by atoms with Crippen molar-refractivity contribution in [2.75, 3.05) is 7.05 Å². The molecule has 1 aromatic rings. The van der Waals surface area contributed by atoms with Gasteiger partial charge in [-0.1, -0.05) is 10.4 Å². The summed E-state index contributed by atoms with van der Waals surface area (Å²) in [5.41, 5.74) is 0. The second-order valence-corrected chi connectivity index (χ2v) is 4.27. The molecular weight excluding hydrogens is 217 g/mol. The number of hydrogen-bond donors (Lipinski definition) is 0. The van der Waals surface area contributed by atoms with Crippen molar-refractivity contribution in [3.05, 3.63) is 22.4 Å². The molecule has 5 heteroatoms. The molecule has 0 aromatic carbocycles. The minimum Gasteiger partial charge on any atom is -0.411 e. The van der Waals surface area contributed by atoms with Crippen LogP contribution in [0.1, 0.15) is 4.88 Å². The maximum atomic E-state index is 4.84. The van der Waals surface area contributed by atoms with E-state index in [2.05, 4.69) is 11.4 Å². The van der Waals surface area contributed by atoms with Gasteiger partial charge in [0.15, 0.2) is 0 Å². The van der Waals surface area contributed by atoms with Gasteiger partial charge in [-0.3, -0.25) is 0 Å². The van der Waals surface area contributed by atoms with Crippen molar-refractivity contribution >= 4 is 40.5 Å². The first-order chi connectivity index (χ1) is 5.20. The smallest absolute Gasteiger partial charge is 0.411 e. The predicted molar refractivity (Wildman–Crippen MR) is 55.7 cm³/mol. The Morgan fingerprint density at radius 2 is 2.42 bits per heavy atom. The van der Waals surface area contributed by atoms with Crippen LogP contribution in [0.4, 0.5) is 0 Å². The molecule has 1 heterocycles. The van der Waals surface area contributed by atoms with Crippen molar-refractivity contribution in [1.29, 1.82) is 0 Å². The van der Waals surface area contributed by atoms with Crippen molar-refractivity contribution in [1.82, 2.24) is 4.90 Å². The molecule has 1 nitrogen and oxygen atoms in total. The summed E-state index contributed by atoms with van der Waals surface area (Å²) in [6, 6.07) is 4.11. The fraction of sp³-hybridized carbons (Fsp3) is 0.286. The molecule has 0 N–H and O–H groups in total. The van der Waals surface area contributed by atoms with Crippen LogP contribution in [0.2, 0.25) is 0 Å². The molecule has 1 aromatic heterocycles. The summed E-state index contributed by atoms with van der Waals surface area (Å²) in [6.45, 7) is 0.833. The summed E-state index contributed by atoms with van der Waals surface area (Å²) >= 11 is 11.4. The maximum Gasteiger partial charge on any atom is 1.00 e. The molecule has 0 saturated heterocycles. The van der Waals surface area contributed by atoms with Crippen LogP contribution in [-0.4, -0.2) is 16.3 Å². The first-order valence-electron chi connectivity index (χ1n) is 3.14. The summed E-state index contributed by atoms with van der Waals surface area (Å²) in [7, 11) is 1.91. The topological polar surface area (TPSA) is 3.24 Å². The van der Waals surface area contributed by atoms with Gasteiger partial charge in [0.25, 0.3) is 0 Å². The quantitative estimate of drug-likeness (QED) is 0.362. The van der Waals surface area contributed by atoms with Crippen LogP contribution in [0.5, 0.6) is 0 Å². The van der Waals surface area contributed by atoms with Gasteiger partial charge in [0, 0.05) is 11.9 Å². The average molecular weight is 225 g/mol. The molecule has 0 bridgehead atoms. The monoisotopic (exact) mass is 225 g/mol. The summed E-state index contributed by atoms with van der Waals surface area (Å²) < 4.78 is 0.526. The van der Waals surface area contributed by atoms with Crippen molar-refractivity contribution in [3.63, 3.8) is 0 Å². The first kappa shape index (κ1) is 12.8. The van der Waals surface area contributed by atoms with Crippen LogP contribution < -0.4 is 29.6 Å². The molecule has 0 spiro atoms. The number of thiocarbonyl (C=S) groups is 1. The molecule has 0 fully saturated rings. The van der Waals surface area contributed by atoms with E-state index in [1.54, 1.807) is 11.3 Å². The normalized spacial score (nSPS) is 8.75. The second kappa shape index (κ2) is 6.29. The third-order valence-corrected chi connectivity index (χ3v) is 2.77. The Balaban J connectivity index is 0.00000121. The standard InChI is InChI=1S/C7H9NS3.Na/c1-8(7(9)10)5-6-3-2-4-11-6;/h2-4H,5H2,1H3,(H,9,10);/q;+1/p-1. The van der Waals surface area contributed by atoms with Crippen LogP contribution in [-0.2, 0) is 19.2 Å². The molecule has 12 heavy (non-hydrogen) atoms. The van der Waals surface area contributed by atoms with Gasteiger partial charge in [-0.2, -0.15) is 0 Å². The Hall–Kier alpha value is 0.810. The van der Waals surface area contributed by atoms with Crippen molar-refractivity contribution < 1.29 is 29.6 Å². The first-order valence-corrected chi connectivity index (χ1v) is 4.84. The molecule has 0 aliphatic rings. The van der Waals surface area contributed by atoms with Crippen LogP contribution >= 0.6 is 23.6 Å². The van der Waals surface area contributed by atoms with Crippen molar-refractivity contribution in [2.45, 2.75) is 6.54 Å². The van der Waals surface area contributed by atoms with E-state index in [-0.39, 0.29) is 29.6 Å². The number of rotatable bonds is 2. The van der Waals surface area contributed by atoms with Gasteiger partial charge in [-0.15, -0.1) is 11.3 Å². The van der Waals surface area contributed by atoms with Gasteiger partial charge < -0.3 is 29.7 Å². The Morgan fingerprint density at radius 1 is 1.75 bits per heavy atom. The van der Waals surface area contributed by atoms with Crippen LogP contribution in [0, 0.1) is 0 Å². The van der Waals surface area contributed by atoms with Crippen LogP contribution in [0.25, 0.3) is 0 Å². The molecule has 0 radical (unpaired) electrons. The summed E-state index contributed by atoms with van der Waals surface area (Å²) in [6.07, 6.45) is 0. The van der Waals surface area contributed by atoms with Gasteiger partial charge in [0.1, 0.15) is 0 Å². The third kappa shape index (κ3) is 4.16. The molecule has 0 saturated carbocycles. The van der Waals surface area contributed by atoms with E-state index in [1.165, 1.54) is 4.88 Å². The Bertz CT molecular complexity index is 235. The third-order valence-electron chi connectivity index (χ3n) is 1.28. The molecule has 0 aliphatic carbocycles. The van der Waals surface area contributed by atoms with Gasteiger partial charge in [0.2, 0.25) is 0 Å². The minimum atomic E-state index is 0. The molecule has 0 atom stereocenters. The average Bonchev–Trinajstić information content (AvgIpc) is 2.39. The van der Waals surface area contributed by atoms with E-state index in [0.29, 0.717) is 4.32 Å². The summed E-state index contributed by atoms with van der Waals surface area (Å²) in [4.78, 5) is 3.18. The number of hydrogen-bond acceptors (Lipinski definition) is 3. The SMILES string of the molecule is CN(Cc1cccs1)C(=S)[S-].[Na+]. The fourth-order valence-electron chi connectivity index (χ4n) is 0.701. The number of nitrogens with zero attached hydrogens (tertiary/aromatic N) is 1. The Morgan fingerprint density at radius 3 is 2.83 bits per heavy atom. The zero-order valence-corrected chi connectivity index (χ0v) is 11.6. The second-order valence-electron chi connectivity index (χ2n) is 2.20. The van der Waals surface area contributed by atoms with Crippen molar-refractivity contribution in [2.24, 2.45) is 0 Å². The van der Waals surface area contributed by atoms with Gasteiger partial charge >= 0.3 is 29.6 Å².